The van der Waals surface area contributed by atoms with Gasteiger partial charge in [-0.15, -0.1) is 0 Å². The molecule has 126 valence electrons. The first kappa shape index (κ1) is 18.9. The van der Waals surface area contributed by atoms with Gasteiger partial charge in [-0.2, -0.15) is 0 Å². The van der Waals surface area contributed by atoms with Crippen LogP contribution in [-0.4, -0.2) is 49.8 Å². The Balaban J connectivity index is 2.01. The summed E-state index contributed by atoms with van der Waals surface area (Å²) in [6, 6.07) is 0. The first-order valence-electron chi connectivity index (χ1n) is 8.71. The Morgan fingerprint density at radius 3 is 2.19 bits per heavy atom. The minimum absolute atomic E-state index is 0.222. The van der Waals surface area contributed by atoms with Crippen molar-refractivity contribution in [2.24, 2.45) is 11.3 Å². The van der Waals surface area contributed by atoms with Crippen LogP contribution in [0.5, 0.6) is 0 Å². The lowest BCUT2D eigenvalue weighted by Gasteiger charge is -2.35. The Hall–Kier alpha value is -0.120. The van der Waals surface area contributed by atoms with Crippen LogP contribution in [0, 0.1) is 11.3 Å². The molecule has 0 bridgehead atoms. The molecular formula is C18H38N2O. The van der Waals surface area contributed by atoms with Crippen molar-refractivity contribution in [3.63, 3.8) is 0 Å². The lowest BCUT2D eigenvalue weighted by atomic mass is 9.92. The van der Waals surface area contributed by atoms with E-state index >= 15 is 0 Å². The largest absolute Gasteiger partial charge is 0.381 e. The molecule has 1 heterocycles. The van der Waals surface area contributed by atoms with E-state index < -0.39 is 0 Å². The summed E-state index contributed by atoms with van der Waals surface area (Å²) in [5, 5.41) is 3.50. The summed E-state index contributed by atoms with van der Waals surface area (Å²) in [7, 11) is 0. The highest BCUT2D eigenvalue weighted by atomic mass is 16.5. The van der Waals surface area contributed by atoms with Crippen LogP contribution in [0.4, 0.5) is 0 Å². The van der Waals surface area contributed by atoms with E-state index in [-0.39, 0.29) is 5.54 Å². The minimum atomic E-state index is 0.222. The molecule has 1 N–H and O–H groups in total. The van der Waals surface area contributed by atoms with Crippen LogP contribution in [0.15, 0.2) is 0 Å². The maximum atomic E-state index is 5.87. The Bertz CT molecular complexity index is 270. The molecule has 1 fully saturated rings. The monoisotopic (exact) mass is 298 g/mol. The van der Waals surface area contributed by atoms with E-state index in [1.165, 1.54) is 32.5 Å². The van der Waals surface area contributed by atoms with Crippen LogP contribution < -0.4 is 5.32 Å². The van der Waals surface area contributed by atoms with E-state index in [0.717, 1.165) is 32.1 Å². The van der Waals surface area contributed by atoms with Gasteiger partial charge in [0.2, 0.25) is 0 Å². The predicted molar refractivity (Wildman–Crippen MR) is 91.8 cm³/mol. The normalized spacial score (nSPS) is 19.1. The lowest BCUT2D eigenvalue weighted by molar-refractivity contribution is 0.0574. The zero-order valence-electron chi connectivity index (χ0n) is 15.3. The van der Waals surface area contributed by atoms with Gasteiger partial charge in [0, 0.05) is 25.3 Å². The van der Waals surface area contributed by atoms with E-state index in [0.29, 0.717) is 5.41 Å². The highest BCUT2D eigenvalue weighted by molar-refractivity contribution is 4.76. The van der Waals surface area contributed by atoms with Crippen molar-refractivity contribution in [2.45, 2.75) is 66.3 Å². The molecule has 3 nitrogen and oxygen atoms in total. The van der Waals surface area contributed by atoms with E-state index in [4.69, 9.17) is 4.74 Å². The molecule has 0 spiro atoms. The summed E-state index contributed by atoms with van der Waals surface area (Å²) in [6.07, 6.45) is 3.72. The number of nitrogens with one attached hydrogen (secondary N) is 1. The topological polar surface area (TPSA) is 24.5 Å². The van der Waals surface area contributed by atoms with Crippen molar-refractivity contribution < 1.29 is 4.74 Å². The van der Waals surface area contributed by atoms with Crippen molar-refractivity contribution in [3.05, 3.63) is 0 Å². The molecule has 0 aliphatic carbocycles. The molecule has 0 amide bonds. The van der Waals surface area contributed by atoms with E-state index in [1.807, 2.05) is 0 Å². The highest BCUT2D eigenvalue weighted by Gasteiger charge is 2.22. The molecule has 0 aromatic rings. The van der Waals surface area contributed by atoms with Gasteiger partial charge in [0.1, 0.15) is 0 Å². The van der Waals surface area contributed by atoms with Gasteiger partial charge in [-0.3, -0.25) is 0 Å². The third-order valence-electron chi connectivity index (χ3n) is 3.88. The average molecular weight is 299 g/mol. The summed E-state index contributed by atoms with van der Waals surface area (Å²) >= 11 is 0. The zero-order chi connectivity index (χ0) is 15.9. The van der Waals surface area contributed by atoms with E-state index in [2.05, 4.69) is 51.8 Å². The standard InChI is InChI=1S/C18H38N2O/c1-17(2,3)15-20-11-8-16(9-12-20)14-21-13-7-10-19-18(4,5)6/h16,19H,7-15H2,1-6H3. The lowest BCUT2D eigenvalue weighted by Crippen LogP contribution is -2.40. The third-order valence-corrected chi connectivity index (χ3v) is 3.88. The molecule has 0 radical (unpaired) electrons. The van der Waals surface area contributed by atoms with Crippen LogP contribution in [0.25, 0.3) is 0 Å². The minimum Gasteiger partial charge on any atom is -0.381 e. The Morgan fingerprint density at radius 1 is 1.05 bits per heavy atom. The van der Waals surface area contributed by atoms with Crippen molar-refractivity contribution in [1.82, 2.24) is 10.2 Å². The van der Waals surface area contributed by atoms with Crippen LogP contribution in [0.3, 0.4) is 0 Å². The first-order chi connectivity index (χ1) is 9.66. The number of nitrogens with zero attached hydrogens (tertiary/aromatic N) is 1. The van der Waals surface area contributed by atoms with Crippen molar-refractivity contribution in [1.29, 1.82) is 0 Å². The van der Waals surface area contributed by atoms with Crippen LogP contribution in [0.2, 0.25) is 0 Å². The Kier molecular flexibility index (Phi) is 7.66. The number of hydrogen-bond donors (Lipinski definition) is 1. The summed E-state index contributed by atoms with van der Waals surface area (Å²) in [5.41, 5.74) is 0.642. The maximum absolute atomic E-state index is 5.87. The van der Waals surface area contributed by atoms with Gasteiger partial charge in [-0.1, -0.05) is 20.8 Å². The number of piperidine rings is 1. The second-order valence-corrected chi connectivity index (χ2v) is 8.89. The summed E-state index contributed by atoms with van der Waals surface area (Å²) in [4.78, 5) is 2.61. The van der Waals surface area contributed by atoms with Gasteiger partial charge in [-0.25, -0.2) is 0 Å². The molecule has 1 aliphatic heterocycles. The maximum Gasteiger partial charge on any atom is 0.0495 e. The molecule has 1 saturated heterocycles. The summed E-state index contributed by atoms with van der Waals surface area (Å²) < 4.78 is 5.87. The van der Waals surface area contributed by atoms with Crippen LogP contribution in [0.1, 0.15) is 60.8 Å². The second-order valence-electron chi connectivity index (χ2n) is 8.89. The molecule has 0 atom stereocenters. The second kappa shape index (κ2) is 8.50. The van der Waals surface area contributed by atoms with Crippen LogP contribution >= 0.6 is 0 Å². The first-order valence-corrected chi connectivity index (χ1v) is 8.71. The molecule has 0 saturated carbocycles. The number of likely N-dealkylation sites (tertiary alicyclic amines) is 1. The Morgan fingerprint density at radius 2 is 1.67 bits per heavy atom. The average Bonchev–Trinajstić information content (AvgIpc) is 2.32. The van der Waals surface area contributed by atoms with Gasteiger partial charge in [0.05, 0.1) is 0 Å². The summed E-state index contributed by atoms with van der Waals surface area (Å²) in [5.74, 6) is 0.775. The van der Waals surface area contributed by atoms with Gasteiger partial charge in [-0.05, 0) is 71.0 Å². The molecule has 0 aromatic heterocycles. The van der Waals surface area contributed by atoms with E-state index in [1.54, 1.807) is 0 Å². The molecule has 21 heavy (non-hydrogen) atoms. The van der Waals surface area contributed by atoms with Crippen molar-refractivity contribution in [2.75, 3.05) is 39.4 Å². The molecular weight excluding hydrogens is 260 g/mol. The number of ether oxygens (including phenoxy) is 1. The fourth-order valence-corrected chi connectivity index (χ4v) is 2.87. The zero-order valence-corrected chi connectivity index (χ0v) is 15.3. The molecule has 0 unspecified atom stereocenters. The van der Waals surface area contributed by atoms with Gasteiger partial charge >= 0.3 is 0 Å². The van der Waals surface area contributed by atoms with Gasteiger partial charge in [0.15, 0.2) is 0 Å². The number of hydrogen-bond acceptors (Lipinski definition) is 3. The molecule has 1 rings (SSSR count). The highest BCUT2D eigenvalue weighted by Crippen LogP contribution is 2.22. The molecule has 0 aromatic carbocycles. The SMILES string of the molecule is CC(C)(C)CN1CCC(COCCCNC(C)(C)C)CC1. The van der Waals surface area contributed by atoms with Crippen molar-refractivity contribution >= 4 is 0 Å². The summed E-state index contributed by atoms with van der Waals surface area (Å²) in [6.45, 7) is 20.2. The number of rotatable bonds is 7. The van der Waals surface area contributed by atoms with Gasteiger partial charge in [0.25, 0.3) is 0 Å². The molecule has 3 heteroatoms. The Labute approximate surface area is 132 Å². The predicted octanol–water partition coefficient (Wildman–Crippen LogP) is 3.54. The molecule has 1 aliphatic rings. The van der Waals surface area contributed by atoms with E-state index in [9.17, 15) is 0 Å². The third kappa shape index (κ3) is 10.3. The van der Waals surface area contributed by atoms with Crippen LogP contribution in [-0.2, 0) is 4.74 Å². The smallest absolute Gasteiger partial charge is 0.0495 e. The van der Waals surface area contributed by atoms with Crippen molar-refractivity contribution in [3.8, 4) is 0 Å². The quantitative estimate of drug-likeness (QED) is 0.728. The van der Waals surface area contributed by atoms with Gasteiger partial charge < -0.3 is 15.0 Å². The fourth-order valence-electron chi connectivity index (χ4n) is 2.87. The fraction of sp³-hybridized carbons (Fsp3) is 1.00.